The van der Waals surface area contributed by atoms with Gasteiger partial charge in [-0.15, -0.1) is 0 Å². The second-order valence-electron chi connectivity index (χ2n) is 3.45. The number of thiophene rings is 1. The van der Waals surface area contributed by atoms with Crippen LogP contribution in [0.2, 0.25) is 0 Å². The predicted molar refractivity (Wildman–Crippen MR) is 63.6 cm³/mol. The zero-order valence-electron chi connectivity index (χ0n) is 8.81. The standard InChI is InChI=1S/C12H10FNO2S/c13-9-2-1-3-10(15)11(9)12(16)14-6-8-4-5-17-7-8/h1-5,7,15H,6H2,(H,14,16). The highest BCUT2D eigenvalue weighted by atomic mass is 32.1. The molecule has 5 heteroatoms. The Kier molecular flexibility index (Phi) is 3.39. The van der Waals surface area contributed by atoms with Crippen molar-refractivity contribution in [3.05, 3.63) is 52.0 Å². The fourth-order valence-corrected chi connectivity index (χ4v) is 2.07. The van der Waals surface area contributed by atoms with E-state index in [4.69, 9.17) is 0 Å². The lowest BCUT2D eigenvalue weighted by molar-refractivity contribution is 0.0944. The third-order valence-electron chi connectivity index (χ3n) is 2.25. The summed E-state index contributed by atoms with van der Waals surface area (Å²) in [7, 11) is 0. The fraction of sp³-hybridized carbons (Fsp3) is 0.0833. The predicted octanol–water partition coefficient (Wildman–Crippen LogP) is 2.52. The molecule has 0 aliphatic heterocycles. The van der Waals surface area contributed by atoms with Gasteiger partial charge in [0.1, 0.15) is 17.1 Å². The number of amides is 1. The van der Waals surface area contributed by atoms with Crippen LogP contribution >= 0.6 is 11.3 Å². The summed E-state index contributed by atoms with van der Waals surface area (Å²) in [5, 5.41) is 15.8. The second-order valence-corrected chi connectivity index (χ2v) is 4.23. The van der Waals surface area contributed by atoms with E-state index in [9.17, 15) is 14.3 Å². The van der Waals surface area contributed by atoms with Crippen LogP contribution in [0.1, 0.15) is 15.9 Å². The van der Waals surface area contributed by atoms with E-state index in [1.54, 1.807) is 0 Å². The first-order chi connectivity index (χ1) is 8.18. The van der Waals surface area contributed by atoms with Crippen LogP contribution in [0.5, 0.6) is 5.75 Å². The van der Waals surface area contributed by atoms with Gasteiger partial charge in [0.2, 0.25) is 0 Å². The van der Waals surface area contributed by atoms with Gasteiger partial charge in [0.15, 0.2) is 0 Å². The van der Waals surface area contributed by atoms with Crippen molar-refractivity contribution in [1.29, 1.82) is 0 Å². The maximum absolute atomic E-state index is 13.3. The van der Waals surface area contributed by atoms with Crippen molar-refractivity contribution in [3.8, 4) is 5.75 Å². The SMILES string of the molecule is O=C(NCc1ccsc1)c1c(O)cccc1F. The van der Waals surface area contributed by atoms with Crippen molar-refractivity contribution >= 4 is 17.2 Å². The summed E-state index contributed by atoms with van der Waals surface area (Å²) in [6.07, 6.45) is 0. The van der Waals surface area contributed by atoms with Crippen LogP contribution in [0.3, 0.4) is 0 Å². The highest BCUT2D eigenvalue weighted by molar-refractivity contribution is 7.07. The van der Waals surface area contributed by atoms with Crippen molar-refractivity contribution in [2.45, 2.75) is 6.54 Å². The Morgan fingerprint density at radius 2 is 2.24 bits per heavy atom. The first-order valence-electron chi connectivity index (χ1n) is 4.95. The lowest BCUT2D eigenvalue weighted by Gasteiger charge is -2.06. The fourth-order valence-electron chi connectivity index (χ4n) is 1.40. The van der Waals surface area contributed by atoms with E-state index >= 15 is 0 Å². The van der Waals surface area contributed by atoms with Gasteiger partial charge in [-0.2, -0.15) is 11.3 Å². The van der Waals surface area contributed by atoms with E-state index in [-0.39, 0.29) is 11.3 Å². The largest absolute Gasteiger partial charge is 0.507 e. The minimum atomic E-state index is -0.729. The smallest absolute Gasteiger partial charge is 0.258 e. The van der Waals surface area contributed by atoms with E-state index in [1.807, 2.05) is 16.8 Å². The molecule has 0 aliphatic rings. The first kappa shape index (κ1) is 11.6. The van der Waals surface area contributed by atoms with Crippen LogP contribution in [0.15, 0.2) is 35.0 Å². The van der Waals surface area contributed by atoms with Gasteiger partial charge in [-0.3, -0.25) is 4.79 Å². The Morgan fingerprint density at radius 1 is 1.41 bits per heavy atom. The third-order valence-corrected chi connectivity index (χ3v) is 2.98. The Balaban J connectivity index is 2.10. The number of halogens is 1. The molecule has 0 fully saturated rings. The maximum atomic E-state index is 13.3. The van der Waals surface area contributed by atoms with Crippen LogP contribution in [0, 0.1) is 5.82 Å². The molecule has 17 heavy (non-hydrogen) atoms. The van der Waals surface area contributed by atoms with Crippen molar-refractivity contribution in [2.24, 2.45) is 0 Å². The molecule has 2 rings (SSSR count). The zero-order chi connectivity index (χ0) is 12.3. The Bertz CT molecular complexity index is 505. The van der Waals surface area contributed by atoms with Gasteiger partial charge in [-0.1, -0.05) is 6.07 Å². The Hall–Kier alpha value is -1.88. The number of carbonyl (C=O) groups is 1. The van der Waals surface area contributed by atoms with Gasteiger partial charge in [-0.25, -0.2) is 4.39 Å². The van der Waals surface area contributed by atoms with E-state index in [1.165, 1.54) is 23.5 Å². The molecule has 1 amide bonds. The normalized spacial score (nSPS) is 10.2. The highest BCUT2D eigenvalue weighted by Crippen LogP contribution is 2.19. The van der Waals surface area contributed by atoms with Crippen molar-refractivity contribution in [3.63, 3.8) is 0 Å². The molecule has 2 aromatic rings. The number of phenols is 1. The zero-order valence-corrected chi connectivity index (χ0v) is 9.63. The van der Waals surface area contributed by atoms with E-state index in [2.05, 4.69) is 5.32 Å². The van der Waals surface area contributed by atoms with Gasteiger partial charge in [0.25, 0.3) is 5.91 Å². The molecule has 0 radical (unpaired) electrons. The summed E-state index contributed by atoms with van der Waals surface area (Å²) in [5.41, 5.74) is 0.627. The number of hydrogen-bond donors (Lipinski definition) is 2. The number of benzene rings is 1. The van der Waals surface area contributed by atoms with Crippen molar-refractivity contribution in [2.75, 3.05) is 0 Å². The molecule has 0 saturated heterocycles. The quantitative estimate of drug-likeness (QED) is 0.880. The minimum absolute atomic E-state index is 0.316. The summed E-state index contributed by atoms with van der Waals surface area (Å²) < 4.78 is 13.3. The summed E-state index contributed by atoms with van der Waals surface area (Å²) in [6.45, 7) is 0.316. The molecule has 0 unspecified atom stereocenters. The molecule has 0 spiro atoms. The summed E-state index contributed by atoms with van der Waals surface area (Å²) >= 11 is 1.52. The van der Waals surface area contributed by atoms with Crippen LogP contribution in [-0.2, 0) is 6.54 Å². The van der Waals surface area contributed by atoms with E-state index in [0.29, 0.717) is 6.54 Å². The average molecular weight is 251 g/mol. The summed E-state index contributed by atoms with van der Waals surface area (Å²) in [6, 6.07) is 5.63. The number of aromatic hydroxyl groups is 1. The number of nitrogens with one attached hydrogen (secondary N) is 1. The molecular weight excluding hydrogens is 241 g/mol. The number of phenolic OH excluding ortho intramolecular Hbond substituents is 1. The van der Waals surface area contributed by atoms with Gasteiger partial charge >= 0.3 is 0 Å². The molecule has 88 valence electrons. The molecule has 0 aliphatic carbocycles. The number of carbonyl (C=O) groups excluding carboxylic acids is 1. The first-order valence-corrected chi connectivity index (χ1v) is 5.89. The van der Waals surface area contributed by atoms with Crippen molar-refractivity contribution < 1.29 is 14.3 Å². The number of hydrogen-bond acceptors (Lipinski definition) is 3. The molecule has 0 bridgehead atoms. The topological polar surface area (TPSA) is 49.3 Å². The van der Waals surface area contributed by atoms with Crippen LogP contribution < -0.4 is 5.32 Å². The van der Waals surface area contributed by atoms with E-state index < -0.39 is 11.7 Å². The highest BCUT2D eigenvalue weighted by Gasteiger charge is 2.15. The van der Waals surface area contributed by atoms with Gasteiger partial charge in [0.05, 0.1) is 0 Å². The third kappa shape index (κ3) is 2.62. The molecular formula is C12H10FNO2S. The van der Waals surface area contributed by atoms with Gasteiger partial charge in [-0.05, 0) is 34.5 Å². The van der Waals surface area contributed by atoms with Crippen molar-refractivity contribution in [1.82, 2.24) is 5.32 Å². The Morgan fingerprint density at radius 3 is 2.88 bits per heavy atom. The summed E-state index contributed by atoms with van der Waals surface area (Å²) in [5.74, 6) is -1.70. The lowest BCUT2D eigenvalue weighted by atomic mass is 10.1. The maximum Gasteiger partial charge on any atom is 0.258 e. The Labute approximate surface area is 102 Å². The average Bonchev–Trinajstić information content (AvgIpc) is 2.79. The van der Waals surface area contributed by atoms with Crippen LogP contribution in [0.4, 0.5) is 4.39 Å². The van der Waals surface area contributed by atoms with Gasteiger partial charge < -0.3 is 10.4 Å². The molecule has 0 saturated carbocycles. The molecule has 1 aromatic heterocycles. The van der Waals surface area contributed by atoms with Crippen LogP contribution in [0.25, 0.3) is 0 Å². The number of rotatable bonds is 3. The summed E-state index contributed by atoms with van der Waals surface area (Å²) in [4.78, 5) is 11.7. The van der Waals surface area contributed by atoms with E-state index in [0.717, 1.165) is 11.6 Å². The lowest BCUT2D eigenvalue weighted by Crippen LogP contribution is -2.23. The molecule has 2 N–H and O–H groups in total. The minimum Gasteiger partial charge on any atom is -0.507 e. The molecule has 3 nitrogen and oxygen atoms in total. The molecule has 1 aromatic carbocycles. The second kappa shape index (κ2) is 4.97. The van der Waals surface area contributed by atoms with Gasteiger partial charge in [0, 0.05) is 6.54 Å². The molecule has 0 atom stereocenters. The monoisotopic (exact) mass is 251 g/mol. The van der Waals surface area contributed by atoms with Crippen LogP contribution in [-0.4, -0.2) is 11.0 Å². The molecule has 1 heterocycles.